The fourth-order valence-electron chi connectivity index (χ4n) is 2.72. The summed E-state index contributed by atoms with van der Waals surface area (Å²) in [6.07, 6.45) is 3.57. The summed E-state index contributed by atoms with van der Waals surface area (Å²) in [6, 6.07) is 9.83. The molecule has 2 N–H and O–H groups in total. The van der Waals surface area contributed by atoms with E-state index in [2.05, 4.69) is 21.1 Å². The number of nitriles is 1. The number of carbonyl (C=O) groups excluding carboxylic acids is 1. The summed E-state index contributed by atoms with van der Waals surface area (Å²) in [7, 11) is 0. The van der Waals surface area contributed by atoms with Crippen LogP contribution in [0.4, 0.5) is 5.69 Å². The molecule has 1 unspecified atom stereocenters. The van der Waals surface area contributed by atoms with Gasteiger partial charge in [0.2, 0.25) is 5.82 Å². The number of nitrogens with two attached hydrogens (primary N) is 1. The number of hydrogen-bond acceptors (Lipinski definition) is 5. The fraction of sp³-hybridized carbons (Fsp3) is 0.333. The van der Waals surface area contributed by atoms with Crippen LogP contribution in [-0.4, -0.2) is 33.8 Å². The largest absolute Gasteiger partial charge is 0.369 e. The maximum Gasteiger partial charge on any atom is 0.288 e. The SMILES string of the molecule is N#Cc1ccc(N2CCCC(n3cnc(C(N)=O)n3)C2)cc1. The Morgan fingerprint density at radius 3 is 2.77 bits per heavy atom. The van der Waals surface area contributed by atoms with E-state index in [1.165, 1.54) is 0 Å². The number of aromatic nitrogens is 3. The minimum absolute atomic E-state index is 0.0514. The first-order chi connectivity index (χ1) is 10.7. The van der Waals surface area contributed by atoms with Crippen molar-refractivity contribution in [3.63, 3.8) is 0 Å². The van der Waals surface area contributed by atoms with Crippen LogP contribution in [-0.2, 0) is 0 Å². The van der Waals surface area contributed by atoms with Crippen LogP contribution in [0.5, 0.6) is 0 Å². The van der Waals surface area contributed by atoms with Gasteiger partial charge in [-0.1, -0.05) is 0 Å². The van der Waals surface area contributed by atoms with Crippen molar-refractivity contribution in [2.24, 2.45) is 5.73 Å². The zero-order valence-electron chi connectivity index (χ0n) is 12.0. The van der Waals surface area contributed by atoms with E-state index < -0.39 is 5.91 Å². The molecule has 2 heterocycles. The predicted octanol–water partition coefficient (Wildman–Crippen LogP) is 1.09. The summed E-state index contributed by atoms with van der Waals surface area (Å²) in [5, 5.41) is 13.0. The van der Waals surface area contributed by atoms with Crippen molar-refractivity contribution in [3.8, 4) is 6.07 Å². The average molecular weight is 296 g/mol. The standard InChI is InChI=1S/C15H16N6O/c16-8-11-3-5-12(6-4-11)20-7-1-2-13(9-20)21-10-18-15(19-21)14(17)22/h3-6,10,13H,1-2,7,9H2,(H2,17,22). The van der Waals surface area contributed by atoms with Gasteiger partial charge >= 0.3 is 0 Å². The number of benzene rings is 1. The Bertz CT molecular complexity index is 714. The molecule has 22 heavy (non-hydrogen) atoms. The molecule has 0 aliphatic carbocycles. The Morgan fingerprint density at radius 2 is 2.14 bits per heavy atom. The second-order valence-corrected chi connectivity index (χ2v) is 5.31. The monoisotopic (exact) mass is 296 g/mol. The summed E-state index contributed by atoms with van der Waals surface area (Å²) in [5.41, 5.74) is 6.92. The molecule has 7 nitrogen and oxygen atoms in total. The molecule has 1 amide bonds. The van der Waals surface area contributed by atoms with Crippen molar-refractivity contribution >= 4 is 11.6 Å². The smallest absolute Gasteiger partial charge is 0.288 e. The van der Waals surface area contributed by atoms with Gasteiger partial charge in [-0.05, 0) is 37.1 Å². The molecule has 1 aromatic carbocycles. The van der Waals surface area contributed by atoms with Crippen molar-refractivity contribution in [2.45, 2.75) is 18.9 Å². The minimum Gasteiger partial charge on any atom is -0.369 e. The highest BCUT2D eigenvalue weighted by molar-refractivity contribution is 5.88. The van der Waals surface area contributed by atoms with Crippen molar-refractivity contribution < 1.29 is 4.79 Å². The van der Waals surface area contributed by atoms with Gasteiger partial charge in [0.25, 0.3) is 5.91 Å². The number of rotatable bonds is 3. The number of hydrogen-bond donors (Lipinski definition) is 1. The normalized spacial score (nSPS) is 18.0. The van der Waals surface area contributed by atoms with E-state index in [-0.39, 0.29) is 11.9 Å². The van der Waals surface area contributed by atoms with Gasteiger partial charge in [-0.3, -0.25) is 4.79 Å². The third kappa shape index (κ3) is 2.76. The summed E-state index contributed by atoms with van der Waals surface area (Å²) >= 11 is 0. The molecule has 0 spiro atoms. The lowest BCUT2D eigenvalue weighted by Crippen LogP contribution is -2.36. The Labute approximate surface area is 128 Å². The van der Waals surface area contributed by atoms with Crippen molar-refractivity contribution in [3.05, 3.63) is 42.0 Å². The first-order valence-electron chi connectivity index (χ1n) is 7.13. The second-order valence-electron chi connectivity index (χ2n) is 5.31. The highest BCUT2D eigenvalue weighted by Crippen LogP contribution is 2.25. The van der Waals surface area contributed by atoms with Gasteiger partial charge in [-0.15, -0.1) is 5.10 Å². The molecule has 7 heteroatoms. The van der Waals surface area contributed by atoms with Crippen LogP contribution in [0.3, 0.4) is 0 Å². The van der Waals surface area contributed by atoms with Gasteiger partial charge < -0.3 is 10.6 Å². The lowest BCUT2D eigenvalue weighted by Gasteiger charge is -2.34. The molecule has 1 aromatic heterocycles. The van der Waals surface area contributed by atoms with E-state index in [9.17, 15) is 4.79 Å². The third-order valence-electron chi connectivity index (χ3n) is 3.86. The molecular formula is C15H16N6O. The first kappa shape index (κ1) is 14.1. The number of primary amides is 1. The molecule has 2 aromatic rings. The molecule has 1 aliphatic heterocycles. The molecule has 1 fully saturated rings. The number of piperidine rings is 1. The molecule has 3 rings (SSSR count). The fourth-order valence-corrected chi connectivity index (χ4v) is 2.72. The van der Waals surface area contributed by atoms with Crippen molar-refractivity contribution in [2.75, 3.05) is 18.0 Å². The zero-order valence-corrected chi connectivity index (χ0v) is 12.0. The maximum atomic E-state index is 11.1. The number of amides is 1. The van der Waals surface area contributed by atoms with Crippen LogP contribution >= 0.6 is 0 Å². The molecule has 1 aliphatic rings. The molecule has 0 radical (unpaired) electrons. The summed E-state index contributed by atoms with van der Waals surface area (Å²) in [6.45, 7) is 1.74. The van der Waals surface area contributed by atoms with Crippen LogP contribution < -0.4 is 10.6 Å². The average Bonchev–Trinajstić information content (AvgIpc) is 3.05. The Balaban J connectivity index is 1.75. The Kier molecular flexibility index (Phi) is 3.74. The molecule has 112 valence electrons. The highest BCUT2D eigenvalue weighted by atomic mass is 16.1. The van der Waals surface area contributed by atoms with E-state index >= 15 is 0 Å². The lowest BCUT2D eigenvalue weighted by molar-refractivity contribution is 0.0990. The van der Waals surface area contributed by atoms with Gasteiger partial charge in [0.1, 0.15) is 6.33 Å². The van der Waals surface area contributed by atoms with Gasteiger partial charge in [-0.2, -0.15) is 5.26 Å². The van der Waals surface area contributed by atoms with Gasteiger partial charge in [0.05, 0.1) is 17.7 Å². The van der Waals surface area contributed by atoms with E-state index in [1.54, 1.807) is 11.0 Å². The summed E-state index contributed by atoms with van der Waals surface area (Å²) < 4.78 is 1.72. The minimum atomic E-state index is -0.612. The summed E-state index contributed by atoms with van der Waals surface area (Å²) in [4.78, 5) is 17.3. The van der Waals surface area contributed by atoms with E-state index in [0.29, 0.717) is 5.56 Å². The van der Waals surface area contributed by atoms with Gasteiger partial charge in [0.15, 0.2) is 0 Å². The lowest BCUT2D eigenvalue weighted by atomic mass is 10.0. The summed E-state index contributed by atoms with van der Waals surface area (Å²) in [5.74, 6) is -0.561. The number of carbonyl (C=O) groups is 1. The third-order valence-corrected chi connectivity index (χ3v) is 3.86. The maximum absolute atomic E-state index is 11.1. The number of nitrogens with zero attached hydrogens (tertiary/aromatic N) is 5. The quantitative estimate of drug-likeness (QED) is 0.913. The van der Waals surface area contributed by atoms with E-state index in [0.717, 1.165) is 31.6 Å². The Hall–Kier alpha value is -2.88. The van der Waals surface area contributed by atoms with Gasteiger partial charge in [-0.25, -0.2) is 9.67 Å². The van der Waals surface area contributed by atoms with Crippen LogP contribution in [0.2, 0.25) is 0 Å². The predicted molar refractivity (Wildman–Crippen MR) is 80.2 cm³/mol. The van der Waals surface area contributed by atoms with Crippen molar-refractivity contribution in [1.82, 2.24) is 14.8 Å². The Morgan fingerprint density at radius 1 is 1.36 bits per heavy atom. The highest BCUT2D eigenvalue weighted by Gasteiger charge is 2.23. The topological polar surface area (TPSA) is 101 Å². The van der Waals surface area contributed by atoms with Crippen LogP contribution in [0.15, 0.2) is 30.6 Å². The molecule has 0 saturated carbocycles. The van der Waals surface area contributed by atoms with Crippen LogP contribution in [0, 0.1) is 11.3 Å². The zero-order chi connectivity index (χ0) is 15.5. The van der Waals surface area contributed by atoms with E-state index in [4.69, 9.17) is 11.0 Å². The number of anilines is 1. The molecule has 1 saturated heterocycles. The van der Waals surface area contributed by atoms with E-state index in [1.807, 2.05) is 24.3 Å². The first-order valence-corrected chi connectivity index (χ1v) is 7.13. The molecular weight excluding hydrogens is 280 g/mol. The van der Waals surface area contributed by atoms with Gasteiger partial charge in [0, 0.05) is 18.8 Å². The molecule has 1 atom stereocenters. The molecule has 0 bridgehead atoms. The van der Waals surface area contributed by atoms with Crippen LogP contribution in [0.1, 0.15) is 35.1 Å². The van der Waals surface area contributed by atoms with Crippen LogP contribution in [0.25, 0.3) is 0 Å². The second kappa shape index (κ2) is 5.85. The van der Waals surface area contributed by atoms with Crippen molar-refractivity contribution in [1.29, 1.82) is 5.26 Å².